The van der Waals surface area contributed by atoms with Crippen molar-refractivity contribution in [2.24, 2.45) is 5.73 Å². The molecule has 0 unspecified atom stereocenters. The number of nitrogens with two attached hydrogens (primary N) is 1. The van der Waals surface area contributed by atoms with Crippen LogP contribution >= 0.6 is 11.8 Å². The van der Waals surface area contributed by atoms with E-state index in [1.54, 1.807) is 18.0 Å². The number of thioether (sulfide) groups is 1. The highest BCUT2D eigenvalue weighted by atomic mass is 32.2. The number of allylic oxidation sites excluding steroid dienone is 3. The van der Waals surface area contributed by atoms with E-state index in [1.165, 1.54) is 0 Å². The monoisotopic (exact) mass is 449 g/mol. The van der Waals surface area contributed by atoms with Crippen LogP contribution in [0.1, 0.15) is 29.7 Å². The first kappa shape index (κ1) is 23.5. The number of amides is 1. The Bertz CT molecular complexity index is 1060. The number of rotatable bonds is 9. The molecule has 32 heavy (non-hydrogen) atoms. The number of carboxylic acid groups (broad SMARTS) is 1. The van der Waals surface area contributed by atoms with E-state index in [9.17, 15) is 14.7 Å². The number of carbonyl (C=O) groups is 2. The molecule has 7 heteroatoms. The number of pyridine rings is 1. The molecule has 0 saturated heterocycles. The molecule has 0 spiro atoms. The Morgan fingerprint density at radius 1 is 1.28 bits per heavy atom. The first-order valence-electron chi connectivity index (χ1n) is 10.4. The lowest BCUT2D eigenvalue weighted by molar-refractivity contribution is -0.141. The third-order valence-electron chi connectivity index (χ3n) is 5.12. The van der Waals surface area contributed by atoms with Crippen LogP contribution in [0.2, 0.25) is 0 Å². The molecule has 6 nitrogen and oxygen atoms in total. The van der Waals surface area contributed by atoms with Gasteiger partial charge < -0.3 is 16.2 Å². The number of aromatic nitrogens is 1. The van der Waals surface area contributed by atoms with Gasteiger partial charge in [0.2, 0.25) is 0 Å². The number of nitrogens with zero attached hydrogens (tertiary/aromatic N) is 1. The molecule has 1 atom stereocenters. The first-order chi connectivity index (χ1) is 15.5. The van der Waals surface area contributed by atoms with E-state index in [4.69, 9.17) is 5.73 Å². The fourth-order valence-electron chi connectivity index (χ4n) is 3.44. The van der Waals surface area contributed by atoms with Crippen LogP contribution in [-0.4, -0.2) is 40.0 Å². The second kappa shape index (κ2) is 11.5. The van der Waals surface area contributed by atoms with Crippen LogP contribution in [0.4, 0.5) is 0 Å². The molecule has 1 amide bonds. The summed E-state index contributed by atoms with van der Waals surface area (Å²) < 4.78 is 0. The molecule has 0 fully saturated rings. The van der Waals surface area contributed by atoms with Crippen molar-refractivity contribution in [1.82, 2.24) is 10.3 Å². The number of benzene rings is 1. The Kier molecular flexibility index (Phi) is 8.41. The van der Waals surface area contributed by atoms with E-state index >= 15 is 0 Å². The highest BCUT2D eigenvalue weighted by Gasteiger charge is 2.25. The van der Waals surface area contributed by atoms with Gasteiger partial charge in [-0.05, 0) is 71.4 Å². The normalized spacial score (nSPS) is 15.6. The van der Waals surface area contributed by atoms with Gasteiger partial charge in [-0.1, -0.05) is 36.4 Å². The lowest BCUT2D eigenvalue weighted by Crippen LogP contribution is -2.42. The van der Waals surface area contributed by atoms with Crippen LogP contribution < -0.4 is 11.1 Å². The van der Waals surface area contributed by atoms with Crippen molar-refractivity contribution in [2.75, 3.05) is 12.0 Å². The zero-order chi connectivity index (χ0) is 22.9. The van der Waals surface area contributed by atoms with Crippen LogP contribution in [0, 0.1) is 0 Å². The van der Waals surface area contributed by atoms with E-state index in [1.807, 2.05) is 66.9 Å². The molecule has 1 aromatic heterocycles. The summed E-state index contributed by atoms with van der Waals surface area (Å²) in [5, 5.41) is 12.2. The molecular formula is C25H27N3O3S. The minimum atomic E-state index is -1.03. The third kappa shape index (κ3) is 6.18. The second-order valence-corrected chi connectivity index (χ2v) is 8.39. The smallest absolute Gasteiger partial charge is 0.326 e. The number of carboxylic acids is 1. The average molecular weight is 450 g/mol. The fourth-order valence-corrected chi connectivity index (χ4v) is 3.91. The number of carbonyl (C=O) groups excluding carboxylic acids is 1. The molecule has 1 aliphatic carbocycles. The van der Waals surface area contributed by atoms with Gasteiger partial charge in [0, 0.05) is 18.3 Å². The molecule has 1 heterocycles. The van der Waals surface area contributed by atoms with Gasteiger partial charge in [0.1, 0.15) is 6.04 Å². The predicted octanol–water partition coefficient (Wildman–Crippen LogP) is 3.66. The lowest BCUT2D eigenvalue weighted by Gasteiger charge is -2.20. The van der Waals surface area contributed by atoms with Crippen molar-refractivity contribution in [2.45, 2.75) is 25.4 Å². The summed E-state index contributed by atoms with van der Waals surface area (Å²) in [5.74, 6) is -0.754. The van der Waals surface area contributed by atoms with Gasteiger partial charge in [-0.2, -0.15) is 11.8 Å². The predicted molar refractivity (Wildman–Crippen MR) is 130 cm³/mol. The zero-order valence-corrected chi connectivity index (χ0v) is 18.8. The molecule has 0 aliphatic heterocycles. The van der Waals surface area contributed by atoms with Crippen molar-refractivity contribution in [3.63, 3.8) is 0 Å². The largest absolute Gasteiger partial charge is 0.480 e. The minimum absolute atomic E-state index is 0.369. The number of nitrogens with one attached hydrogen (secondary N) is 1. The summed E-state index contributed by atoms with van der Waals surface area (Å²) in [7, 11) is 0. The first-order valence-corrected chi connectivity index (χ1v) is 11.8. The molecule has 1 aromatic carbocycles. The van der Waals surface area contributed by atoms with E-state index in [0.717, 1.165) is 28.0 Å². The number of hydrogen-bond donors (Lipinski definition) is 3. The van der Waals surface area contributed by atoms with Gasteiger partial charge in [-0.3, -0.25) is 9.78 Å². The van der Waals surface area contributed by atoms with Gasteiger partial charge in [0.15, 0.2) is 0 Å². The van der Waals surface area contributed by atoms with Gasteiger partial charge >= 0.3 is 5.97 Å². The van der Waals surface area contributed by atoms with Crippen molar-refractivity contribution < 1.29 is 14.7 Å². The van der Waals surface area contributed by atoms with Crippen molar-refractivity contribution in [3.8, 4) is 0 Å². The maximum absolute atomic E-state index is 13.1. The molecule has 166 valence electrons. The summed E-state index contributed by atoms with van der Waals surface area (Å²) in [6.07, 6.45) is 10.3. The summed E-state index contributed by atoms with van der Waals surface area (Å²) in [4.78, 5) is 29.1. The van der Waals surface area contributed by atoms with Gasteiger partial charge in [-0.25, -0.2) is 4.79 Å². The number of aliphatic carboxylic acids is 1. The molecule has 0 bridgehead atoms. The molecule has 1 aliphatic rings. The van der Waals surface area contributed by atoms with Crippen LogP contribution in [0.5, 0.6) is 0 Å². The van der Waals surface area contributed by atoms with Crippen LogP contribution in [-0.2, 0) is 16.1 Å². The number of hydrogen-bond acceptors (Lipinski definition) is 5. The van der Waals surface area contributed by atoms with Crippen LogP contribution in [0.15, 0.2) is 72.0 Å². The van der Waals surface area contributed by atoms with Crippen molar-refractivity contribution >= 4 is 35.3 Å². The van der Waals surface area contributed by atoms with Crippen LogP contribution in [0.3, 0.4) is 0 Å². The van der Waals surface area contributed by atoms with Crippen LogP contribution in [0.25, 0.3) is 11.6 Å². The standard InChI is InChI=1S/C25H27N3O3S/c1-32-12-10-23(25(30)31)28-24(29)21-8-7-17(13-20-14-18(16-26)9-11-27-20)15-22(21)19-5-3-2-4-6-19/h2-6,8-9,11,13-15,23H,7,10,12,16,26H2,1H3,(H,28,29)(H,30,31)/t23-/m0/s1. The maximum atomic E-state index is 13.1. The summed E-state index contributed by atoms with van der Waals surface area (Å²) in [5.41, 5.74) is 10.7. The topological polar surface area (TPSA) is 105 Å². The summed E-state index contributed by atoms with van der Waals surface area (Å²) >= 11 is 1.55. The Morgan fingerprint density at radius 2 is 2.06 bits per heavy atom. The van der Waals surface area contributed by atoms with E-state index in [-0.39, 0.29) is 5.91 Å². The quantitative estimate of drug-likeness (QED) is 0.540. The molecule has 3 rings (SSSR count). The highest BCUT2D eigenvalue weighted by Crippen LogP contribution is 2.31. The Labute approximate surface area is 192 Å². The van der Waals surface area contributed by atoms with E-state index in [2.05, 4.69) is 10.3 Å². The minimum Gasteiger partial charge on any atom is -0.480 e. The molecule has 0 radical (unpaired) electrons. The average Bonchev–Trinajstić information content (AvgIpc) is 2.82. The molecule has 0 saturated carbocycles. The Balaban J connectivity index is 1.91. The van der Waals surface area contributed by atoms with E-state index < -0.39 is 12.0 Å². The van der Waals surface area contributed by atoms with Crippen molar-refractivity contribution in [1.29, 1.82) is 0 Å². The zero-order valence-electron chi connectivity index (χ0n) is 18.0. The fraction of sp³-hybridized carbons (Fsp3) is 0.240. The second-order valence-electron chi connectivity index (χ2n) is 7.40. The van der Waals surface area contributed by atoms with Gasteiger partial charge in [-0.15, -0.1) is 0 Å². The molecule has 4 N–H and O–H groups in total. The lowest BCUT2D eigenvalue weighted by atomic mass is 9.88. The summed E-state index contributed by atoms with van der Waals surface area (Å²) in [6, 6.07) is 12.5. The SMILES string of the molecule is CSCC[C@H](NC(=O)C1=CCC(=Cc2cc(CN)ccn2)C=C1c1ccccc1)C(=O)O. The van der Waals surface area contributed by atoms with E-state index in [0.29, 0.717) is 30.7 Å². The third-order valence-corrected chi connectivity index (χ3v) is 5.76. The van der Waals surface area contributed by atoms with Gasteiger partial charge in [0.25, 0.3) is 5.91 Å². The highest BCUT2D eigenvalue weighted by molar-refractivity contribution is 7.98. The Morgan fingerprint density at radius 3 is 2.75 bits per heavy atom. The Hall–Kier alpha value is -3.16. The molecular weight excluding hydrogens is 422 g/mol. The maximum Gasteiger partial charge on any atom is 0.326 e. The van der Waals surface area contributed by atoms with Gasteiger partial charge in [0.05, 0.1) is 5.69 Å². The molecule has 2 aromatic rings. The summed E-state index contributed by atoms with van der Waals surface area (Å²) in [6.45, 7) is 0.440. The van der Waals surface area contributed by atoms with Crippen molar-refractivity contribution in [3.05, 3.63) is 88.8 Å².